The van der Waals surface area contributed by atoms with Crippen molar-refractivity contribution in [1.29, 1.82) is 0 Å². The van der Waals surface area contributed by atoms with Gasteiger partial charge in [-0.25, -0.2) is 4.98 Å². The van der Waals surface area contributed by atoms with Crippen molar-refractivity contribution >= 4 is 11.3 Å². The molecule has 0 spiro atoms. The third-order valence-corrected chi connectivity index (χ3v) is 3.03. The van der Waals surface area contributed by atoms with Crippen LogP contribution in [0.1, 0.15) is 0 Å². The van der Waals surface area contributed by atoms with Crippen molar-refractivity contribution in [3.63, 3.8) is 0 Å². The highest BCUT2D eigenvalue weighted by Gasteiger charge is 2.06. The molecule has 0 amide bonds. The molecule has 5 heteroatoms. The zero-order valence-corrected chi connectivity index (χ0v) is 9.43. The summed E-state index contributed by atoms with van der Waals surface area (Å²) < 4.78 is 3.89. The second kappa shape index (κ2) is 3.40. The molecule has 0 saturated heterocycles. The standard InChI is InChI=1S/C13H9N5/c1-2-11(13-16-15-9-18(13)5-1)10-3-6-17-7-4-14-12(17)8-10/h1-9H. The van der Waals surface area contributed by atoms with Crippen LogP contribution in [0.25, 0.3) is 22.4 Å². The number of fused-ring (bicyclic) bond motifs is 2. The van der Waals surface area contributed by atoms with E-state index >= 15 is 0 Å². The summed E-state index contributed by atoms with van der Waals surface area (Å²) in [5, 5.41) is 8.08. The van der Waals surface area contributed by atoms with E-state index in [9.17, 15) is 0 Å². The summed E-state index contributed by atoms with van der Waals surface area (Å²) in [6.07, 6.45) is 9.35. The van der Waals surface area contributed by atoms with E-state index in [0.29, 0.717) is 0 Å². The monoisotopic (exact) mass is 235 g/mol. The Labute approximate surface area is 102 Å². The van der Waals surface area contributed by atoms with Gasteiger partial charge in [-0.05, 0) is 29.8 Å². The van der Waals surface area contributed by atoms with Crippen molar-refractivity contribution in [3.8, 4) is 11.1 Å². The van der Waals surface area contributed by atoms with Crippen molar-refractivity contribution < 1.29 is 0 Å². The van der Waals surface area contributed by atoms with Gasteiger partial charge in [0.25, 0.3) is 0 Å². The van der Waals surface area contributed by atoms with Crippen LogP contribution in [0.3, 0.4) is 0 Å². The molecular weight excluding hydrogens is 226 g/mol. The molecule has 0 saturated carbocycles. The van der Waals surface area contributed by atoms with Gasteiger partial charge in [0.05, 0.1) is 0 Å². The maximum atomic E-state index is 4.29. The average Bonchev–Trinajstić information content (AvgIpc) is 3.05. The first-order chi connectivity index (χ1) is 8.92. The lowest BCUT2D eigenvalue weighted by molar-refractivity contribution is 1.10. The van der Waals surface area contributed by atoms with E-state index in [0.717, 1.165) is 22.4 Å². The second-order valence-corrected chi connectivity index (χ2v) is 4.09. The summed E-state index contributed by atoms with van der Waals surface area (Å²) in [6, 6.07) is 8.13. The molecule has 0 aromatic carbocycles. The zero-order valence-electron chi connectivity index (χ0n) is 9.43. The number of aromatic nitrogens is 5. The minimum absolute atomic E-state index is 0.855. The van der Waals surface area contributed by atoms with Gasteiger partial charge in [0.15, 0.2) is 5.65 Å². The number of rotatable bonds is 1. The van der Waals surface area contributed by atoms with Crippen LogP contribution >= 0.6 is 0 Å². The topological polar surface area (TPSA) is 47.5 Å². The minimum atomic E-state index is 0.855. The van der Waals surface area contributed by atoms with Crippen LogP contribution in [-0.2, 0) is 0 Å². The van der Waals surface area contributed by atoms with E-state index in [1.807, 2.05) is 45.6 Å². The largest absolute Gasteiger partial charge is 0.307 e. The highest BCUT2D eigenvalue weighted by Crippen LogP contribution is 2.23. The number of hydrogen-bond acceptors (Lipinski definition) is 3. The fourth-order valence-corrected chi connectivity index (χ4v) is 2.15. The summed E-state index contributed by atoms with van der Waals surface area (Å²) in [7, 11) is 0. The summed E-state index contributed by atoms with van der Waals surface area (Å²) in [5.74, 6) is 0. The van der Waals surface area contributed by atoms with Crippen molar-refractivity contribution in [1.82, 2.24) is 24.0 Å². The smallest absolute Gasteiger partial charge is 0.168 e. The van der Waals surface area contributed by atoms with E-state index in [2.05, 4.69) is 21.2 Å². The minimum Gasteiger partial charge on any atom is -0.307 e. The molecule has 0 unspecified atom stereocenters. The molecule has 86 valence electrons. The molecule has 0 aliphatic carbocycles. The Morgan fingerprint density at radius 2 is 2.00 bits per heavy atom. The zero-order chi connectivity index (χ0) is 11.9. The number of hydrogen-bond donors (Lipinski definition) is 0. The molecule has 4 aromatic heterocycles. The van der Waals surface area contributed by atoms with Gasteiger partial charge in [0.1, 0.15) is 12.0 Å². The predicted octanol–water partition coefficient (Wildman–Crippen LogP) is 2.04. The van der Waals surface area contributed by atoms with E-state index in [1.165, 1.54) is 0 Å². The molecule has 18 heavy (non-hydrogen) atoms. The van der Waals surface area contributed by atoms with Gasteiger partial charge in [0, 0.05) is 30.4 Å². The van der Waals surface area contributed by atoms with E-state index in [4.69, 9.17) is 0 Å². The Balaban J connectivity index is 2.03. The first kappa shape index (κ1) is 9.35. The molecule has 0 aliphatic rings. The Morgan fingerprint density at radius 1 is 1.00 bits per heavy atom. The van der Waals surface area contributed by atoms with Crippen LogP contribution in [0.4, 0.5) is 0 Å². The molecule has 4 aromatic rings. The molecule has 0 fully saturated rings. The van der Waals surface area contributed by atoms with E-state index in [1.54, 1.807) is 12.5 Å². The summed E-state index contributed by atoms with van der Waals surface area (Å²) in [6.45, 7) is 0. The molecular formula is C13H9N5. The van der Waals surface area contributed by atoms with Crippen LogP contribution in [-0.4, -0.2) is 24.0 Å². The molecule has 0 bridgehead atoms. The molecule has 0 atom stereocenters. The SMILES string of the molecule is c1cc(-c2ccn3ccnc3c2)c2nncn2c1. The van der Waals surface area contributed by atoms with Gasteiger partial charge < -0.3 is 4.40 Å². The van der Waals surface area contributed by atoms with Crippen LogP contribution in [0.2, 0.25) is 0 Å². The first-order valence-electron chi connectivity index (χ1n) is 5.63. The Morgan fingerprint density at radius 3 is 3.00 bits per heavy atom. The third kappa shape index (κ3) is 1.24. The van der Waals surface area contributed by atoms with Crippen LogP contribution in [0.5, 0.6) is 0 Å². The highest BCUT2D eigenvalue weighted by atomic mass is 15.2. The van der Waals surface area contributed by atoms with E-state index < -0.39 is 0 Å². The Bertz CT molecular complexity index is 842. The van der Waals surface area contributed by atoms with Crippen LogP contribution in [0.15, 0.2) is 55.4 Å². The van der Waals surface area contributed by atoms with Crippen molar-refractivity contribution in [2.24, 2.45) is 0 Å². The second-order valence-electron chi connectivity index (χ2n) is 4.09. The van der Waals surface area contributed by atoms with Gasteiger partial charge >= 0.3 is 0 Å². The molecule has 0 N–H and O–H groups in total. The molecule has 5 nitrogen and oxygen atoms in total. The Kier molecular flexibility index (Phi) is 1.77. The quantitative estimate of drug-likeness (QED) is 0.507. The van der Waals surface area contributed by atoms with E-state index in [-0.39, 0.29) is 0 Å². The third-order valence-electron chi connectivity index (χ3n) is 3.03. The lowest BCUT2D eigenvalue weighted by Crippen LogP contribution is -1.89. The lowest BCUT2D eigenvalue weighted by atomic mass is 10.1. The summed E-state index contributed by atoms with van der Waals surface area (Å²) in [4.78, 5) is 4.29. The van der Waals surface area contributed by atoms with Gasteiger partial charge in [-0.1, -0.05) is 0 Å². The van der Waals surface area contributed by atoms with Crippen molar-refractivity contribution in [3.05, 3.63) is 55.4 Å². The van der Waals surface area contributed by atoms with Crippen molar-refractivity contribution in [2.45, 2.75) is 0 Å². The fraction of sp³-hybridized carbons (Fsp3) is 0. The average molecular weight is 235 g/mol. The lowest BCUT2D eigenvalue weighted by Gasteiger charge is -2.03. The molecule has 0 aliphatic heterocycles. The van der Waals surface area contributed by atoms with Crippen LogP contribution in [0, 0.1) is 0 Å². The predicted molar refractivity (Wildman–Crippen MR) is 67.2 cm³/mol. The van der Waals surface area contributed by atoms with Gasteiger partial charge in [-0.3, -0.25) is 4.40 Å². The van der Waals surface area contributed by atoms with Gasteiger partial charge in [-0.15, -0.1) is 10.2 Å². The normalized spacial score (nSPS) is 11.3. The molecule has 4 heterocycles. The number of pyridine rings is 2. The maximum absolute atomic E-state index is 4.29. The molecule has 0 radical (unpaired) electrons. The first-order valence-corrected chi connectivity index (χ1v) is 5.63. The highest BCUT2D eigenvalue weighted by molar-refractivity contribution is 5.78. The number of nitrogens with zero attached hydrogens (tertiary/aromatic N) is 5. The van der Waals surface area contributed by atoms with Gasteiger partial charge in [0.2, 0.25) is 0 Å². The molecule has 4 rings (SSSR count). The van der Waals surface area contributed by atoms with Crippen molar-refractivity contribution in [2.75, 3.05) is 0 Å². The summed E-state index contributed by atoms with van der Waals surface area (Å²) in [5.41, 5.74) is 3.93. The summed E-state index contributed by atoms with van der Waals surface area (Å²) >= 11 is 0. The maximum Gasteiger partial charge on any atom is 0.168 e. The van der Waals surface area contributed by atoms with Crippen LogP contribution < -0.4 is 0 Å². The Hall–Kier alpha value is -2.69. The number of imidazole rings is 1. The van der Waals surface area contributed by atoms with Gasteiger partial charge in [-0.2, -0.15) is 0 Å². The fourth-order valence-electron chi connectivity index (χ4n) is 2.15.